The van der Waals surface area contributed by atoms with E-state index >= 15 is 0 Å². The molecule has 0 spiro atoms. The van der Waals surface area contributed by atoms with Crippen molar-refractivity contribution >= 4 is 16.9 Å². The number of benzene rings is 1. The highest BCUT2D eigenvalue weighted by Gasteiger charge is 2.42. The van der Waals surface area contributed by atoms with E-state index in [9.17, 15) is 13.6 Å². The molecule has 2 saturated carbocycles. The molecule has 4 unspecified atom stereocenters. The van der Waals surface area contributed by atoms with Gasteiger partial charge in [-0.1, -0.05) is 6.42 Å². The minimum absolute atomic E-state index is 0.141. The lowest BCUT2D eigenvalue weighted by molar-refractivity contribution is 0.0915. The lowest BCUT2D eigenvalue weighted by Gasteiger charge is -2.28. The van der Waals surface area contributed by atoms with E-state index in [4.69, 9.17) is 0 Å². The van der Waals surface area contributed by atoms with Gasteiger partial charge in [0.25, 0.3) is 12.3 Å². The van der Waals surface area contributed by atoms with Crippen LogP contribution in [0.15, 0.2) is 18.2 Å². The molecule has 128 valence electrons. The molecule has 2 aliphatic carbocycles. The van der Waals surface area contributed by atoms with Gasteiger partial charge >= 0.3 is 0 Å². The molecule has 4 rings (SSSR count). The van der Waals surface area contributed by atoms with E-state index < -0.39 is 6.43 Å². The molecular weight excluding hydrogens is 312 g/mol. The predicted molar refractivity (Wildman–Crippen MR) is 86.9 cm³/mol. The molecule has 6 heteroatoms. The van der Waals surface area contributed by atoms with E-state index in [1.54, 1.807) is 18.2 Å². The summed E-state index contributed by atoms with van der Waals surface area (Å²) in [5.41, 5.74) is 1.38. The quantitative estimate of drug-likeness (QED) is 0.886. The summed E-state index contributed by atoms with van der Waals surface area (Å²) in [6, 6.07) is 4.98. The summed E-state index contributed by atoms with van der Waals surface area (Å²) < 4.78 is 25.4. The van der Waals surface area contributed by atoms with Gasteiger partial charge in [0.05, 0.1) is 11.0 Å². The van der Waals surface area contributed by atoms with Gasteiger partial charge in [-0.2, -0.15) is 0 Å². The van der Waals surface area contributed by atoms with Crippen LogP contribution in [0.4, 0.5) is 8.78 Å². The SMILES string of the molecule is CC(NC(=O)c1ccc2nc(C(F)F)[nH]c2c1)C1CC2CCC1C2. The molecule has 0 aliphatic heterocycles. The highest BCUT2D eigenvalue weighted by molar-refractivity contribution is 5.97. The molecule has 2 aromatic rings. The van der Waals surface area contributed by atoms with Crippen LogP contribution in [0, 0.1) is 17.8 Å². The van der Waals surface area contributed by atoms with E-state index in [1.807, 2.05) is 0 Å². The molecule has 2 N–H and O–H groups in total. The maximum Gasteiger partial charge on any atom is 0.295 e. The number of aromatic nitrogens is 2. The van der Waals surface area contributed by atoms with Gasteiger partial charge in [-0.25, -0.2) is 13.8 Å². The molecule has 2 fully saturated rings. The fourth-order valence-electron chi connectivity index (χ4n) is 4.58. The molecule has 1 aromatic heterocycles. The number of hydrogen-bond acceptors (Lipinski definition) is 2. The molecule has 1 amide bonds. The molecule has 4 nitrogen and oxygen atoms in total. The lowest BCUT2D eigenvalue weighted by atomic mass is 9.84. The second-order valence-corrected chi connectivity index (χ2v) is 7.26. The number of nitrogens with one attached hydrogen (secondary N) is 2. The van der Waals surface area contributed by atoms with Crippen LogP contribution in [-0.4, -0.2) is 21.9 Å². The van der Waals surface area contributed by atoms with Crippen LogP contribution < -0.4 is 5.32 Å². The summed E-state index contributed by atoms with van der Waals surface area (Å²) in [7, 11) is 0. The number of carbonyl (C=O) groups excluding carboxylic acids is 1. The Morgan fingerprint density at radius 3 is 2.83 bits per heavy atom. The van der Waals surface area contributed by atoms with Crippen LogP contribution in [0.1, 0.15) is 55.2 Å². The van der Waals surface area contributed by atoms with Crippen LogP contribution >= 0.6 is 0 Å². The van der Waals surface area contributed by atoms with Crippen molar-refractivity contribution in [2.24, 2.45) is 17.8 Å². The Morgan fingerprint density at radius 1 is 1.33 bits per heavy atom. The summed E-state index contributed by atoms with van der Waals surface area (Å²) in [6.07, 6.45) is 2.49. The molecule has 0 saturated heterocycles. The third-order valence-corrected chi connectivity index (χ3v) is 5.76. The number of alkyl halides is 2. The fraction of sp³-hybridized carbons (Fsp3) is 0.556. The largest absolute Gasteiger partial charge is 0.349 e. The minimum atomic E-state index is -2.65. The Balaban J connectivity index is 1.48. The highest BCUT2D eigenvalue weighted by Crippen LogP contribution is 2.49. The van der Waals surface area contributed by atoms with Gasteiger partial charge in [-0.3, -0.25) is 4.79 Å². The zero-order valence-electron chi connectivity index (χ0n) is 13.6. The number of fused-ring (bicyclic) bond motifs is 3. The zero-order chi connectivity index (χ0) is 16.8. The minimum Gasteiger partial charge on any atom is -0.349 e. The normalized spacial score (nSPS) is 27.1. The summed E-state index contributed by atoms with van der Waals surface area (Å²) >= 11 is 0. The van der Waals surface area contributed by atoms with Crippen molar-refractivity contribution in [1.82, 2.24) is 15.3 Å². The van der Waals surface area contributed by atoms with Crippen molar-refractivity contribution in [1.29, 1.82) is 0 Å². The van der Waals surface area contributed by atoms with Crippen LogP contribution in [0.25, 0.3) is 11.0 Å². The second kappa shape index (κ2) is 5.83. The lowest BCUT2D eigenvalue weighted by Crippen LogP contribution is -2.40. The van der Waals surface area contributed by atoms with Gasteiger partial charge < -0.3 is 10.3 Å². The number of aromatic amines is 1. The van der Waals surface area contributed by atoms with Gasteiger partial charge in [0.15, 0.2) is 5.82 Å². The summed E-state index contributed by atoms with van der Waals surface area (Å²) in [5.74, 6) is 1.63. The van der Waals surface area contributed by atoms with E-state index in [1.165, 1.54) is 25.7 Å². The molecule has 4 atom stereocenters. The Labute approximate surface area is 139 Å². The Kier molecular flexibility index (Phi) is 3.77. The fourth-order valence-corrected chi connectivity index (χ4v) is 4.58. The number of amides is 1. The Morgan fingerprint density at radius 2 is 2.17 bits per heavy atom. The first-order valence-corrected chi connectivity index (χ1v) is 8.60. The van der Waals surface area contributed by atoms with Crippen molar-refractivity contribution < 1.29 is 13.6 Å². The third kappa shape index (κ3) is 2.68. The molecular formula is C18H21F2N3O. The summed E-state index contributed by atoms with van der Waals surface area (Å²) in [5, 5.41) is 3.10. The van der Waals surface area contributed by atoms with Crippen molar-refractivity contribution in [2.75, 3.05) is 0 Å². The molecule has 0 radical (unpaired) electrons. The standard InChI is InChI=1S/C18H21F2N3O/c1-9(13-7-10-2-3-11(13)6-10)21-18(24)12-4-5-14-15(8-12)23-17(22-14)16(19)20/h4-5,8-11,13,16H,2-3,6-7H2,1H3,(H,21,24)(H,22,23). The first-order chi connectivity index (χ1) is 11.5. The first-order valence-electron chi connectivity index (χ1n) is 8.60. The average molecular weight is 333 g/mol. The monoisotopic (exact) mass is 333 g/mol. The number of rotatable bonds is 4. The predicted octanol–water partition coefficient (Wildman–Crippen LogP) is 4.06. The van der Waals surface area contributed by atoms with Gasteiger partial charge in [0, 0.05) is 11.6 Å². The van der Waals surface area contributed by atoms with Crippen LogP contribution in [0.3, 0.4) is 0 Å². The highest BCUT2D eigenvalue weighted by atomic mass is 19.3. The topological polar surface area (TPSA) is 57.8 Å². The van der Waals surface area contributed by atoms with Crippen LogP contribution in [0.2, 0.25) is 0 Å². The van der Waals surface area contributed by atoms with Gasteiger partial charge in [0.2, 0.25) is 0 Å². The number of H-pyrrole nitrogens is 1. The molecule has 2 bridgehead atoms. The van der Waals surface area contributed by atoms with Crippen molar-refractivity contribution in [2.45, 2.75) is 45.1 Å². The Bertz CT molecular complexity index is 773. The zero-order valence-corrected chi connectivity index (χ0v) is 13.6. The van der Waals surface area contributed by atoms with E-state index in [0.29, 0.717) is 22.5 Å². The number of carbonyl (C=O) groups is 1. The van der Waals surface area contributed by atoms with E-state index in [2.05, 4.69) is 22.2 Å². The van der Waals surface area contributed by atoms with Crippen LogP contribution in [-0.2, 0) is 0 Å². The van der Waals surface area contributed by atoms with Gasteiger partial charge in [-0.05, 0) is 62.1 Å². The van der Waals surface area contributed by atoms with Crippen molar-refractivity contribution in [3.05, 3.63) is 29.6 Å². The first kappa shape index (κ1) is 15.5. The third-order valence-electron chi connectivity index (χ3n) is 5.76. The Hall–Kier alpha value is -1.98. The van der Waals surface area contributed by atoms with Crippen molar-refractivity contribution in [3.63, 3.8) is 0 Å². The van der Waals surface area contributed by atoms with E-state index in [-0.39, 0.29) is 17.8 Å². The average Bonchev–Trinajstić information content (AvgIpc) is 3.28. The number of hydrogen-bond donors (Lipinski definition) is 2. The molecule has 1 heterocycles. The molecule has 2 aliphatic rings. The van der Waals surface area contributed by atoms with Gasteiger partial charge in [0.1, 0.15) is 0 Å². The maximum atomic E-state index is 12.7. The number of nitrogens with zero attached hydrogens (tertiary/aromatic N) is 1. The van der Waals surface area contributed by atoms with E-state index in [0.717, 1.165) is 11.8 Å². The second-order valence-electron chi connectivity index (χ2n) is 7.26. The number of halogens is 2. The number of imidazole rings is 1. The maximum absolute atomic E-state index is 12.7. The molecule has 1 aromatic carbocycles. The summed E-state index contributed by atoms with van der Waals surface area (Å²) in [4.78, 5) is 18.9. The van der Waals surface area contributed by atoms with Gasteiger partial charge in [-0.15, -0.1) is 0 Å². The summed E-state index contributed by atoms with van der Waals surface area (Å²) in [6.45, 7) is 2.08. The smallest absolute Gasteiger partial charge is 0.295 e. The van der Waals surface area contributed by atoms with Crippen LogP contribution in [0.5, 0.6) is 0 Å². The molecule has 24 heavy (non-hydrogen) atoms. The van der Waals surface area contributed by atoms with Crippen molar-refractivity contribution in [3.8, 4) is 0 Å².